The molecule has 6 heteroatoms. The van der Waals surface area contributed by atoms with Crippen molar-refractivity contribution in [3.05, 3.63) is 11.6 Å². The predicted molar refractivity (Wildman–Crippen MR) is 80.1 cm³/mol. The molecule has 2 bridgehead atoms. The molecule has 0 aliphatic heterocycles. The Morgan fingerprint density at radius 3 is 2.57 bits per heavy atom. The Labute approximate surface area is 135 Å². The number of hydrogen-bond donors (Lipinski definition) is 2. The number of hydrogen-bond acceptors (Lipinski definition) is 6. The summed E-state index contributed by atoms with van der Waals surface area (Å²) in [5.41, 5.74) is -0.798. The van der Waals surface area contributed by atoms with Crippen molar-refractivity contribution in [3.63, 3.8) is 0 Å². The molecule has 2 fully saturated rings. The fourth-order valence-electron chi connectivity index (χ4n) is 5.64. The number of carbonyl (C=O) groups is 2. The third-order valence-electron chi connectivity index (χ3n) is 6.70. The molecule has 23 heavy (non-hydrogen) atoms. The molecule has 0 amide bonds. The SMILES string of the molecule is COC(=O)C1=C[C@H](O)[C@@]23C[C@H]1[C@](C)(CO)[C@@H]2CC[C@H]3C(=O)OC. The van der Waals surface area contributed by atoms with Crippen LogP contribution in [0.15, 0.2) is 11.6 Å². The Morgan fingerprint density at radius 1 is 1.30 bits per heavy atom. The van der Waals surface area contributed by atoms with E-state index in [1.54, 1.807) is 0 Å². The van der Waals surface area contributed by atoms with Gasteiger partial charge in [-0.2, -0.15) is 0 Å². The minimum Gasteiger partial charge on any atom is -0.469 e. The summed E-state index contributed by atoms with van der Waals surface area (Å²) in [6.07, 6.45) is 2.48. The number of carbonyl (C=O) groups excluding carboxylic acids is 2. The van der Waals surface area contributed by atoms with Gasteiger partial charge in [-0.1, -0.05) is 6.92 Å². The van der Waals surface area contributed by atoms with Gasteiger partial charge in [0.05, 0.1) is 26.2 Å². The molecular weight excluding hydrogens is 300 g/mol. The summed E-state index contributed by atoms with van der Waals surface area (Å²) in [7, 11) is 2.66. The summed E-state index contributed by atoms with van der Waals surface area (Å²) in [6, 6.07) is 0. The third-order valence-corrected chi connectivity index (χ3v) is 6.70. The van der Waals surface area contributed by atoms with E-state index in [1.807, 2.05) is 6.92 Å². The van der Waals surface area contributed by atoms with Gasteiger partial charge in [0.15, 0.2) is 0 Å². The Hall–Kier alpha value is -1.40. The lowest BCUT2D eigenvalue weighted by Crippen LogP contribution is -2.46. The lowest BCUT2D eigenvalue weighted by atomic mass is 9.65. The van der Waals surface area contributed by atoms with Crippen molar-refractivity contribution in [1.82, 2.24) is 0 Å². The van der Waals surface area contributed by atoms with Gasteiger partial charge >= 0.3 is 11.9 Å². The zero-order valence-electron chi connectivity index (χ0n) is 13.7. The van der Waals surface area contributed by atoms with Crippen LogP contribution in [0.4, 0.5) is 0 Å². The molecule has 6 atom stereocenters. The fourth-order valence-corrected chi connectivity index (χ4v) is 5.64. The highest BCUT2D eigenvalue weighted by Gasteiger charge is 2.71. The van der Waals surface area contributed by atoms with Gasteiger partial charge in [0, 0.05) is 23.0 Å². The van der Waals surface area contributed by atoms with E-state index in [9.17, 15) is 19.8 Å². The largest absolute Gasteiger partial charge is 0.469 e. The zero-order valence-corrected chi connectivity index (χ0v) is 13.7. The molecule has 6 nitrogen and oxygen atoms in total. The van der Waals surface area contributed by atoms with Crippen molar-refractivity contribution in [3.8, 4) is 0 Å². The minimum absolute atomic E-state index is 0.0393. The molecule has 0 aromatic heterocycles. The molecule has 0 radical (unpaired) electrons. The number of ether oxygens (including phenoxy) is 2. The van der Waals surface area contributed by atoms with Crippen LogP contribution >= 0.6 is 0 Å². The average molecular weight is 324 g/mol. The first kappa shape index (κ1) is 16.5. The van der Waals surface area contributed by atoms with Gasteiger partial charge in [0.1, 0.15) is 0 Å². The summed E-state index contributed by atoms with van der Waals surface area (Å²) in [5, 5.41) is 20.9. The van der Waals surface area contributed by atoms with Gasteiger partial charge in [0.25, 0.3) is 0 Å². The Balaban J connectivity index is 2.13. The molecule has 1 spiro atoms. The molecule has 128 valence electrons. The molecule has 3 aliphatic carbocycles. The van der Waals surface area contributed by atoms with E-state index in [2.05, 4.69) is 0 Å². The molecule has 2 N–H and O–H groups in total. The molecule has 3 aliphatic rings. The summed E-state index contributed by atoms with van der Waals surface area (Å²) < 4.78 is 9.80. The zero-order chi connectivity index (χ0) is 17.0. The van der Waals surface area contributed by atoms with Gasteiger partial charge in [-0.3, -0.25) is 4.79 Å². The predicted octanol–water partition coefficient (Wildman–Crippen LogP) is 0.664. The quantitative estimate of drug-likeness (QED) is 0.741. The van der Waals surface area contributed by atoms with Gasteiger partial charge in [-0.15, -0.1) is 0 Å². The highest BCUT2D eigenvalue weighted by molar-refractivity contribution is 5.90. The van der Waals surface area contributed by atoms with E-state index in [1.165, 1.54) is 20.3 Å². The van der Waals surface area contributed by atoms with Crippen LogP contribution in [0, 0.1) is 28.6 Å². The maximum atomic E-state index is 12.3. The first-order valence-corrected chi connectivity index (χ1v) is 8.03. The van der Waals surface area contributed by atoms with Crippen molar-refractivity contribution in [2.45, 2.75) is 32.3 Å². The van der Waals surface area contributed by atoms with Crippen LogP contribution in [0.5, 0.6) is 0 Å². The van der Waals surface area contributed by atoms with Crippen molar-refractivity contribution in [2.24, 2.45) is 28.6 Å². The second-order valence-electron chi connectivity index (χ2n) is 7.30. The average Bonchev–Trinajstić information content (AvgIpc) is 3.04. The molecular formula is C17H24O6. The molecule has 3 rings (SSSR count). The summed E-state index contributed by atoms with van der Waals surface area (Å²) in [4.78, 5) is 24.4. The summed E-state index contributed by atoms with van der Waals surface area (Å²) in [6.45, 7) is 1.84. The number of aliphatic hydroxyl groups excluding tert-OH is 2. The van der Waals surface area contributed by atoms with E-state index < -0.39 is 28.8 Å². The minimum atomic E-state index is -0.919. The first-order chi connectivity index (χ1) is 10.9. The molecule has 0 heterocycles. The van der Waals surface area contributed by atoms with Crippen molar-refractivity contribution >= 4 is 11.9 Å². The Kier molecular flexibility index (Phi) is 3.80. The van der Waals surface area contributed by atoms with Gasteiger partial charge in [-0.25, -0.2) is 4.79 Å². The van der Waals surface area contributed by atoms with Crippen LogP contribution < -0.4 is 0 Å². The van der Waals surface area contributed by atoms with E-state index in [0.29, 0.717) is 18.4 Å². The topological polar surface area (TPSA) is 93.1 Å². The smallest absolute Gasteiger partial charge is 0.333 e. The normalized spacial score (nSPS) is 44.5. The lowest BCUT2D eigenvalue weighted by Gasteiger charge is -2.40. The van der Waals surface area contributed by atoms with E-state index >= 15 is 0 Å². The van der Waals surface area contributed by atoms with E-state index in [4.69, 9.17) is 9.47 Å². The maximum absolute atomic E-state index is 12.3. The Morgan fingerprint density at radius 2 is 2.00 bits per heavy atom. The van der Waals surface area contributed by atoms with Gasteiger partial charge in [-0.05, 0) is 37.2 Å². The van der Waals surface area contributed by atoms with Crippen LogP contribution in [0.3, 0.4) is 0 Å². The second kappa shape index (κ2) is 5.31. The van der Waals surface area contributed by atoms with E-state index in [-0.39, 0.29) is 24.4 Å². The highest BCUT2D eigenvalue weighted by atomic mass is 16.5. The van der Waals surface area contributed by atoms with Crippen LogP contribution in [-0.2, 0) is 19.1 Å². The van der Waals surface area contributed by atoms with Gasteiger partial charge in [0.2, 0.25) is 0 Å². The summed E-state index contributed by atoms with van der Waals surface area (Å²) in [5.74, 6) is -1.46. The number of methoxy groups -OCH3 is 2. The van der Waals surface area contributed by atoms with Crippen molar-refractivity contribution in [2.75, 3.05) is 20.8 Å². The first-order valence-electron chi connectivity index (χ1n) is 8.03. The van der Waals surface area contributed by atoms with Gasteiger partial charge < -0.3 is 19.7 Å². The fraction of sp³-hybridized carbons (Fsp3) is 0.765. The van der Waals surface area contributed by atoms with Crippen LogP contribution in [0.1, 0.15) is 26.2 Å². The molecule has 0 aromatic carbocycles. The number of esters is 2. The summed E-state index contributed by atoms with van der Waals surface area (Å²) >= 11 is 0. The third kappa shape index (κ3) is 1.88. The molecule has 2 saturated carbocycles. The van der Waals surface area contributed by atoms with Crippen LogP contribution in [0.2, 0.25) is 0 Å². The van der Waals surface area contributed by atoms with Crippen molar-refractivity contribution in [1.29, 1.82) is 0 Å². The maximum Gasteiger partial charge on any atom is 0.333 e. The van der Waals surface area contributed by atoms with Crippen molar-refractivity contribution < 1.29 is 29.3 Å². The standard InChI is InChI=1S/C17H24O6/c1-16(8-18)11-7-17(13(19)6-9(11)14(20)22-2)10(15(21)23-3)4-5-12(16)17/h6,10-13,18-19H,4-5,7-8H2,1-3H3/t10-,11+,12-,13-,16-,17+/m0/s1. The van der Waals surface area contributed by atoms with Crippen LogP contribution in [-0.4, -0.2) is 49.1 Å². The van der Waals surface area contributed by atoms with E-state index in [0.717, 1.165) is 6.42 Å². The lowest BCUT2D eigenvalue weighted by molar-refractivity contribution is -0.153. The number of aliphatic hydroxyl groups is 2. The second-order valence-corrected chi connectivity index (χ2v) is 7.30. The molecule has 0 aromatic rings. The Bertz CT molecular complexity index is 569. The van der Waals surface area contributed by atoms with Crippen LogP contribution in [0.25, 0.3) is 0 Å². The number of fused-ring (bicyclic) bond motifs is 1. The monoisotopic (exact) mass is 324 g/mol. The highest BCUT2D eigenvalue weighted by Crippen LogP contribution is 2.71. The molecule has 0 unspecified atom stereocenters. The number of rotatable bonds is 3. The molecule has 0 saturated heterocycles.